The number of hydrogen-bond acceptors (Lipinski definition) is 10. The van der Waals surface area contributed by atoms with E-state index in [1.54, 1.807) is 20.8 Å². The van der Waals surface area contributed by atoms with E-state index in [4.69, 9.17) is 20.0 Å². The van der Waals surface area contributed by atoms with Crippen LogP contribution < -0.4 is 16.4 Å². The van der Waals surface area contributed by atoms with Crippen LogP contribution in [0.2, 0.25) is 0 Å². The minimum absolute atomic E-state index is 0.0319. The molecule has 3 fully saturated rings. The fourth-order valence-electron chi connectivity index (χ4n) is 5.48. The van der Waals surface area contributed by atoms with Crippen LogP contribution in [0.3, 0.4) is 0 Å². The molecule has 0 saturated carbocycles. The largest absolute Gasteiger partial charge is 0.394 e. The van der Waals surface area contributed by atoms with E-state index in [-0.39, 0.29) is 32.9 Å². The number of hydroxylamine groups is 2. The first kappa shape index (κ1) is 33.6. The highest BCUT2D eigenvalue weighted by molar-refractivity contribution is 5.96. The van der Waals surface area contributed by atoms with Crippen molar-refractivity contribution in [2.24, 2.45) is 5.73 Å². The van der Waals surface area contributed by atoms with Crippen molar-refractivity contribution in [3.63, 3.8) is 0 Å². The lowest BCUT2D eigenvalue weighted by atomic mass is 10.0. The number of rotatable bonds is 3. The van der Waals surface area contributed by atoms with E-state index in [0.29, 0.717) is 38.8 Å². The van der Waals surface area contributed by atoms with Crippen LogP contribution in [0.4, 0.5) is 0 Å². The average Bonchev–Trinajstić information content (AvgIpc) is 3.63. The van der Waals surface area contributed by atoms with Crippen LogP contribution in [-0.4, -0.2) is 132 Å². The number of carbonyl (C=O) groups excluding carboxylic acids is 5. The summed E-state index contributed by atoms with van der Waals surface area (Å²) in [5.74, 6) is -2.78. The lowest BCUT2D eigenvalue weighted by molar-refractivity contribution is -0.234. The van der Waals surface area contributed by atoms with E-state index in [9.17, 15) is 29.1 Å². The summed E-state index contributed by atoms with van der Waals surface area (Å²) < 4.78 is 11.6. The number of aliphatic hydroxyl groups is 1. The first-order chi connectivity index (χ1) is 19.9. The van der Waals surface area contributed by atoms with Gasteiger partial charge in [0.1, 0.15) is 30.9 Å². The molecule has 3 aliphatic heterocycles. The summed E-state index contributed by atoms with van der Waals surface area (Å²) in [5.41, 5.74) is 4.65. The minimum atomic E-state index is -1.24. The zero-order valence-electron chi connectivity index (χ0n) is 25.0. The third kappa shape index (κ3) is 8.60. The van der Waals surface area contributed by atoms with Gasteiger partial charge in [-0.15, -0.1) is 0 Å². The molecule has 15 heteroatoms. The van der Waals surface area contributed by atoms with Gasteiger partial charge < -0.3 is 40.7 Å². The molecule has 0 aromatic heterocycles. The smallest absolute Gasteiger partial charge is 0.248 e. The van der Waals surface area contributed by atoms with Crippen molar-refractivity contribution in [1.82, 2.24) is 25.5 Å². The topological polar surface area (TPSA) is 193 Å². The Labute approximate surface area is 246 Å². The van der Waals surface area contributed by atoms with Gasteiger partial charge in [-0.05, 0) is 53.4 Å². The second kappa shape index (κ2) is 15.0. The zero-order chi connectivity index (χ0) is 31.0. The van der Waals surface area contributed by atoms with Gasteiger partial charge in [0.25, 0.3) is 0 Å². The summed E-state index contributed by atoms with van der Waals surface area (Å²) in [7, 11) is 0. The second-order valence-electron chi connectivity index (χ2n) is 11.5. The van der Waals surface area contributed by atoms with Gasteiger partial charge in [-0.25, -0.2) is 0 Å². The molecule has 5 atom stereocenters. The molecule has 238 valence electrons. The molecular formula is C27H46N6O9. The maximum absolute atomic E-state index is 13.7. The molecule has 3 heterocycles. The monoisotopic (exact) mass is 598 g/mol. The molecule has 0 aromatic carbocycles. The zero-order valence-corrected chi connectivity index (χ0v) is 25.0. The summed E-state index contributed by atoms with van der Waals surface area (Å²) in [6.45, 7) is 7.54. The molecule has 0 bridgehead atoms. The predicted molar refractivity (Wildman–Crippen MR) is 148 cm³/mol. The molecule has 0 unspecified atom stereocenters. The van der Waals surface area contributed by atoms with Crippen molar-refractivity contribution in [3.8, 4) is 0 Å². The number of hydrogen-bond donors (Lipinski definition) is 4. The highest BCUT2D eigenvalue weighted by Crippen LogP contribution is 2.26. The van der Waals surface area contributed by atoms with Gasteiger partial charge in [-0.2, -0.15) is 5.06 Å². The number of nitrogens with zero attached hydrogens (tertiary/aromatic N) is 3. The average molecular weight is 599 g/mol. The van der Waals surface area contributed by atoms with Crippen LogP contribution in [0.1, 0.15) is 59.8 Å². The fourth-order valence-corrected chi connectivity index (χ4v) is 5.48. The summed E-state index contributed by atoms with van der Waals surface area (Å²) >= 11 is 0. The lowest BCUT2D eigenvalue weighted by Gasteiger charge is -2.34. The van der Waals surface area contributed by atoms with Gasteiger partial charge in [0.05, 0.1) is 37.9 Å². The molecule has 0 spiro atoms. The summed E-state index contributed by atoms with van der Waals surface area (Å²) in [6, 6.07) is -4.08. The third-order valence-electron chi connectivity index (χ3n) is 7.83. The normalized spacial score (nSPS) is 31.4. The van der Waals surface area contributed by atoms with E-state index >= 15 is 0 Å². The Morgan fingerprint density at radius 1 is 1.02 bits per heavy atom. The van der Waals surface area contributed by atoms with Crippen molar-refractivity contribution < 1.29 is 43.4 Å². The Balaban J connectivity index is 1.85. The van der Waals surface area contributed by atoms with E-state index < -0.39 is 72.0 Å². The minimum Gasteiger partial charge on any atom is -0.394 e. The number of nitrogens with one attached hydrogen (secondary N) is 2. The number of amides is 5. The van der Waals surface area contributed by atoms with E-state index in [2.05, 4.69) is 10.6 Å². The molecule has 3 aliphatic rings. The van der Waals surface area contributed by atoms with Crippen molar-refractivity contribution in [1.29, 1.82) is 0 Å². The van der Waals surface area contributed by atoms with Crippen molar-refractivity contribution >= 4 is 29.5 Å². The molecule has 42 heavy (non-hydrogen) atoms. The Kier molecular flexibility index (Phi) is 12.1. The summed E-state index contributed by atoms with van der Waals surface area (Å²) in [5, 5.41) is 16.8. The second-order valence-corrected chi connectivity index (χ2v) is 11.5. The molecule has 0 radical (unpaired) electrons. The van der Waals surface area contributed by atoms with Gasteiger partial charge in [0.15, 0.2) is 0 Å². The first-order valence-corrected chi connectivity index (χ1v) is 14.6. The van der Waals surface area contributed by atoms with Crippen molar-refractivity contribution in [3.05, 3.63) is 0 Å². The highest BCUT2D eigenvalue weighted by Gasteiger charge is 2.44. The number of fused-ring (bicyclic) bond motifs is 2. The highest BCUT2D eigenvalue weighted by atomic mass is 16.7. The standard InChI is InChI=1S/C27H46N6O9/c1-5-31-16-41-27(3,4)14-21(35)29-18(15-34)25(38)33-11-7-9-20(33)26(39)32-10-6-8-19(32)24(37)30-22(23(28)36)17(2)40-12-13-42-31/h17-20,22,34H,5-16H2,1-4H3,(H2,28,36)(H,29,35)(H,30,37)/t17-,18+,19+,20+,22+/m1/s1. The van der Waals surface area contributed by atoms with E-state index in [1.807, 2.05) is 6.92 Å². The molecule has 5 N–H and O–H groups in total. The van der Waals surface area contributed by atoms with Gasteiger partial charge in [-0.1, -0.05) is 0 Å². The Morgan fingerprint density at radius 2 is 1.67 bits per heavy atom. The maximum atomic E-state index is 13.7. The van der Waals surface area contributed by atoms with Crippen LogP contribution in [0.25, 0.3) is 0 Å². The molecule has 3 saturated heterocycles. The van der Waals surface area contributed by atoms with Crippen LogP contribution in [0.15, 0.2) is 0 Å². The van der Waals surface area contributed by atoms with Crippen molar-refractivity contribution in [2.45, 2.75) is 95.7 Å². The number of ether oxygens (including phenoxy) is 2. The number of primary amides is 1. The maximum Gasteiger partial charge on any atom is 0.248 e. The molecule has 0 aliphatic carbocycles. The molecule has 15 nitrogen and oxygen atoms in total. The lowest BCUT2D eigenvalue weighted by Crippen LogP contribution is -2.59. The van der Waals surface area contributed by atoms with Gasteiger partial charge >= 0.3 is 0 Å². The predicted octanol–water partition coefficient (Wildman–Crippen LogP) is -1.77. The van der Waals surface area contributed by atoms with Gasteiger partial charge in [0.2, 0.25) is 29.5 Å². The first-order valence-electron chi connectivity index (χ1n) is 14.6. The SMILES string of the molecule is CCN1COC(C)(C)CC(=O)N[C@@H](CO)C(=O)N2CCC[C@H]2C(=O)N2CCC[C@H]2C(=O)N[C@H](C(N)=O)[C@@H](C)OCCO1. The number of aliphatic hydroxyl groups excluding tert-OH is 1. The molecular weight excluding hydrogens is 552 g/mol. The van der Waals surface area contributed by atoms with E-state index in [1.165, 1.54) is 14.9 Å². The Morgan fingerprint density at radius 3 is 2.29 bits per heavy atom. The molecule has 0 aromatic rings. The summed E-state index contributed by atoms with van der Waals surface area (Å²) in [4.78, 5) is 74.0. The quantitative estimate of drug-likeness (QED) is 0.289. The van der Waals surface area contributed by atoms with Crippen LogP contribution in [0.5, 0.6) is 0 Å². The van der Waals surface area contributed by atoms with Gasteiger partial charge in [-0.3, -0.25) is 28.8 Å². The molecule has 5 amide bonds. The van der Waals surface area contributed by atoms with Crippen molar-refractivity contribution in [2.75, 3.05) is 46.2 Å². The Bertz CT molecular complexity index is 995. The third-order valence-corrected chi connectivity index (χ3v) is 7.83. The summed E-state index contributed by atoms with van der Waals surface area (Å²) in [6.07, 6.45) is 1.00. The Hall–Kier alpha value is -2.85. The van der Waals surface area contributed by atoms with Gasteiger partial charge in [0, 0.05) is 19.6 Å². The molecule has 3 rings (SSSR count). The number of carbonyl (C=O) groups is 5. The number of nitrogens with two attached hydrogens (primary N) is 1. The fraction of sp³-hybridized carbons (Fsp3) is 0.815. The van der Waals surface area contributed by atoms with Crippen LogP contribution >= 0.6 is 0 Å². The van der Waals surface area contributed by atoms with E-state index in [0.717, 1.165) is 0 Å². The van der Waals surface area contributed by atoms with Crippen LogP contribution in [0, 0.1) is 0 Å². The van der Waals surface area contributed by atoms with Crippen LogP contribution in [-0.2, 0) is 38.3 Å².